The lowest BCUT2D eigenvalue weighted by molar-refractivity contribution is -0.274. The number of esters is 3. The molecule has 10 nitrogen and oxygen atoms in total. The monoisotopic (exact) mass is 588 g/mol. The van der Waals surface area contributed by atoms with Gasteiger partial charge in [-0.3, -0.25) is 0 Å². The fourth-order valence-corrected chi connectivity index (χ4v) is 3.84. The number of aliphatic hydroxyl groups excluding tert-OH is 1. The van der Waals surface area contributed by atoms with Crippen molar-refractivity contribution in [2.24, 2.45) is 4.51 Å². The summed E-state index contributed by atoms with van der Waals surface area (Å²) in [5.74, 6) is -3.74. The maximum absolute atomic E-state index is 13.0. The van der Waals surface area contributed by atoms with E-state index in [1.165, 1.54) is 24.3 Å². The predicted molar refractivity (Wildman–Crippen MR) is 137 cm³/mol. The first-order valence-corrected chi connectivity index (χ1v) is 12.2. The maximum atomic E-state index is 13.0. The van der Waals surface area contributed by atoms with Gasteiger partial charge in [-0.05, 0) is 38.1 Å². The van der Waals surface area contributed by atoms with E-state index in [-0.39, 0.29) is 11.1 Å². The van der Waals surface area contributed by atoms with Crippen molar-refractivity contribution in [2.45, 2.75) is 49.4 Å². The lowest BCUT2D eigenvalue weighted by Gasteiger charge is -2.42. The van der Waals surface area contributed by atoms with E-state index in [9.17, 15) is 19.5 Å². The molecule has 2 aromatic carbocycles. The zero-order valence-electron chi connectivity index (χ0n) is 21.3. The SMILES string of the molecule is [2H]C(Cl)(Cl)C(=NCl)OC1O[C@H](C(=O)OC)[C@@H](O)[C@H](OC(=O)c2ccc(C)cc2)[C@H]1OC(=O)c1ccc(C)cc1. The minimum absolute atomic E-state index is 0.100. The molecule has 5 atom stereocenters. The standard InChI is InChI=1S/C25H24Cl3NO9/c1-12-4-8-14(9-5-12)22(31)35-17-16(30)18(24(33)34-3)37-25(38-21(29-28)20(26)27)19(17)36-23(32)15-10-6-13(2)7-11-15/h4-11,16-20,25,30H,1-3H3/t16-,17-,18-,19+,25?/m0/s1/i20D. The summed E-state index contributed by atoms with van der Waals surface area (Å²) in [6, 6.07) is 12.6. The summed E-state index contributed by atoms with van der Waals surface area (Å²) in [7, 11) is 1.03. The number of alkyl halides is 2. The van der Waals surface area contributed by atoms with Gasteiger partial charge < -0.3 is 28.8 Å². The number of aryl methyl sites for hydroxylation is 2. The Bertz CT molecular complexity index is 1220. The Labute approximate surface area is 234 Å². The normalized spacial score (nSPS) is 24.1. The van der Waals surface area contributed by atoms with Gasteiger partial charge in [0.15, 0.2) is 17.0 Å². The zero-order chi connectivity index (χ0) is 28.9. The molecule has 1 aliphatic rings. The van der Waals surface area contributed by atoms with Crippen molar-refractivity contribution in [2.75, 3.05) is 7.11 Å². The Morgan fingerprint density at radius 2 is 1.39 bits per heavy atom. The average molecular weight is 590 g/mol. The molecule has 0 aromatic heterocycles. The Kier molecular flexibility index (Phi) is 9.81. The number of aliphatic hydroxyl groups is 1. The van der Waals surface area contributed by atoms with E-state index < -0.39 is 59.3 Å². The molecule has 38 heavy (non-hydrogen) atoms. The molecule has 0 aliphatic carbocycles. The molecule has 2 aromatic rings. The molecule has 1 unspecified atom stereocenters. The van der Waals surface area contributed by atoms with Crippen molar-refractivity contribution in [1.29, 1.82) is 0 Å². The highest BCUT2D eigenvalue weighted by Gasteiger charge is 2.54. The summed E-state index contributed by atoms with van der Waals surface area (Å²) in [5, 5.41) is 11.0. The minimum Gasteiger partial charge on any atom is -0.467 e. The Morgan fingerprint density at radius 1 is 0.921 bits per heavy atom. The molecule has 0 bridgehead atoms. The van der Waals surface area contributed by atoms with Gasteiger partial charge in [-0.25, -0.2) is 14.4 Å². The second-order valence-electron chi connectivity index (χ2n) is 8.18. The summed E-state index contributed by atoms with van der Waals surface area (Å²) in [6.07, 6.45) is -9.05. The molecular formula is C25H24Cl3NO9. The molecule has 1 N–H and O–H groups in total. The van der Waals surface area contributed by atoms with E-state index in [1.54, 1.807) is 24.3 Å². The molecule has 0 radical (unpaired) electrons. The van der Waals surface area contributed by atoms with Crippen LogP contribution in [0.2, 0.25) is 0 Å². The highest BCUT2D eigenvalue weighted by molar-refractivity contribution is 6.54. The summed E-state index contributed by atoms with van der Waals surface area (Å²) < 4.78 is 37.7. The number of methoxy groups -OCH3 is 1. The van der Waals surface area contributed by atoms with Crippen LogP contribution in [0.4, 0.5) is 0 Å². The summed E-state index contributed by atoms with van der Waals surface area (Å²) in [5.41, 5.74) is 1.94. The average Bonchev–Trinajstić information content (AvgIpc) is 2.89. The van der Waals surface area contributed by atoms with Crippen LogP contribution in [0.5, 0.6) is 0 Å². The first kappa shape index (κ1) is 28.1. The molecule has 0 spiro atoms. The molecule has 1 fully saturated rings. The second-order valence-corrected chi connectivity index (χ2v) is 9.30. The molecule has 3 rings (SSSR count). The van der Waals surface area contributed by atoms with Crippen LogP contribution in [0, 0.1) is 13.8 Å². The lowest BCUT2D eigenvalue weighted by atomic mass is 9.98. The van der Waals surface area contributed by atoms with Crippen LogP contribution in [-0.4, -0.2) is 71.5 Å². The topological polar surface area (TPSA) is 130 Å². The van der Waals surface area contributed by atoms with Crippen LogP contribution in [0.25, 0.3) is 0 Å². The second kappa shape index (κ2) is 13.3. The predicted octanol–water partition coefficient (Wildman–Crippen LogP) is 3.69. The molecule has 204 valence electrons. The highest BCUT2D eigenvalue weighted by Crippen LogP contribution is 2.30. The number of carbonyl (C=O) groups excluding carboxylic acids is 3. The van der Waals surface area contributed by atoms with Gasteiger partial charge in [-0.2, -0.15) is 0 Å². The van der Waals surface area contributed by atoms with E-state index >= 15 is 0 Å². The van der Waals surface area contributed by atoms with Gasteiger partial charge in [0.25, 0.3) is 0 Å². The van der Waals surface area contributed by atoms with E-state index in [4.69, 9.17) is 55.3 Å². The van der Waals surface area contributed by atoms with Crippen LogP contribution >= 0.6 is 35.0 Å². The number of nitrogens with zero attached hydrogens (tertiary/aromatic N) is 1. The van der Waals surface area contributed by atoms with Gasteiger partial charge in [-0.1, -0.05) is 58.6 Å². The number of halogens is 3. The highest BCUT2D eigenvalue weighted by atomic mass is 35.5. The Balaban J connectivity index is 2.04. The molecule has 1 saturated heterocycles. The zero-order valence-corrected chi connectivity index (χ0v) is 22.6. The quantitative estimate of drug-likeness (QED) is 0.169. The van der Waals surface area contributed by atoms with Crippen LogP contribution in [0.1, 0.15) is 33.2 Å². The van der Waals surface area contributed by atoms with E-state index in [1.807, 2.05) is 13.8 Å². The molecule has 0 amide bonds. The van der Waals surface area contributed by atoms with Crippen molar-refractivity contribution in [1.82, 2.24) is 0 Å². The van der Waals surface area contributed by atoms with Crippen molar-refractivity contribution in [3.8, 4) is 0 Å². The minimum atomic E-state index is -2.54. The number of ether oxygens (including phenoxy) is 5. The van der Waals surface area contributed by atoms with Crippen molar-refractivity contribution in [3.63, 3.8) is 0 Å². The molecular weight excluding hydrogens is 565 g/mol. The number of hydrogen-bond acceptors (Lipinski definition) is 10. The van der Waals surface area contributed by atoms with Gasteiger partial charge in [0.2, 0.25) is 18.3 Å². The van der Waals surface area contributed by atoms with Gasteiger partial charge >= 0.3 is 17.9 Å². The summed E-state index contributed by atoms with van der Waals surface area (Å²) >= 11 is 17.0. The van der Waals surface area contributed by atoms with E-state index in [0.717, 1.165) is 18.2 Å². The van der Waals surface area contributed by atoms with Gasteiger partial charge in [0.05, 0.1) is 19.6 Å². The third-order valence-electron chi connectivity index (χ3n) is 5.48. The van der Waals surface area contributed by atoms with E-state index in [0.29, 0.717) is 0 Å². The van der Waals surface area contributed by atoms with Crippen LogP contribution < -0.4 is 0 Å². The number of rotatable bonds is 7. The summed E-state index contributed by atoms with van der Waals surface area (Å²) in [4.78, 5) is 36.0. The van der Waals surface area contributed by atoms with Crippen LogP contribution in [-0.2, 0) is 28.5 Å². The molecule has 13 heteroatoms. The molecule has 0 saturated carbocycles. The molecule has 1 heterocycles. The summed E-state index contributed by atoms with van der Waals surface area (Å²) in [6.45, 7) is 3.63. The number of benzene rings is 2. The fraction of sp³-hybridized carbons (Fsp3) is 0.360. The Morgan fingerprint density at radius 3 is 1.82 bits per heavy atom. The van der Waals surface area contributed by atoms with Gasteiger partial charge in [-0.15, -0.1) is 4.51 Å². The lowest BCUT2D eigenvalue weighted by Crippen LogP contribution is -2.63. The third-order valence-corrected chi connectivity index (χ3v) is 5.96. The van der Waals surface area contributed by atoms with E-state index in [2.05, 4.69) is 9.25 Å². The van der Waals surface area contributed by atoms with Gasteiger partial charge in [0, 0.05) is 11.8 Å². The first-order chi connectivity index (χ1) is 18.3. The van der Waals surface area contributed by atoms with Gasteiger partial charge in [0.1, 0.15) is 6.10 Å². The largest absolute Gasteiger partial charge is 0.467 e. The molecule has 1 aliphatic heterocycles. The number of carbonyl (C=O) groups is 3. The first-order valence-electron chi connectivity index (χ1n) is 11.6. The smallest absolute Gasteiger partial charge is 0.338 e. The number of hydrogen-bond donors (Lipinski definition) is 1. The Hall–Kier alpha value is -2.89. The van der Waals surface area contributed by atoms with Crippen molar-refractivity contribution in [3.05, 3.63) is 70.8 Å². The van der Waals surface area contributed by atoms with Crippen molar-refractivity contribution >= 4 is 58.8 Å². The fourth-order valence-electron chi connectivity index (χ4n) is 3.46. The third kappa shape index (κ3) is 7.15. The van der Waals surface area contributed by atoms with Crippen LogP contribution in [0.15, 0.2) is 53.0 Å². The van der Waals surface area contributed by atoms with Crippen LogP contribution in [0.3, 0.4) is 0 Å². The van der Waals surface area contributed by atoms with Crippen molar-refractivity contribution < 1.29 is 44.5 Å². The maximum Gasteiger partial charge on any atom is 0.338 e.